The molecule has 1 saturated carbocycles. The summed E-state index contributed by atoms with van der Waals surface area (Å²) in [4.78, 5) is 23.5. The minimum atomic E-state index is -0.836. The summed E-state index contributed by atoms with van der Waals surface area (Å²) in [6, 6.07) is 7.19. The fourth-order valence-corrected chi connectivity index (χ4v) is 2.49. The van der Waals surface area contributed by atoms with Crippen LogP contribution in [-0.4, -0.2) is 29.2 Å². The van der Waals surface area contributed by atoms with Crippen molar-refractivity contribution in [1.82, 2.24) is 10.6 Å². The van der Waals surface area contributed by atoms with E-state index in [9.17, 15) is 14.7 Å². The number of aliphatic hydroxyl groups is 1. The number of primary amides is 1. The number of rotatable bonds is 4. The second kappa shape index (κ2) is 5.73. The van der Waals surface area contributed by atoms with E-state index in [0.717, 1.165) is 0 Å². The maximum Gasteiger partial charge on any atom is 0.313 e. The largest absolute Gasteiger partial charge is 0.392 e. The molecule has 0 radical (unpaired) electrons. The fourth-order valence-electron chi connectivity index (χ4n) is 2.49. The number of nitrogens with two attached hydrogens (primary N) is 1. The van der Waals surface area contributed by atoms with E-state index >= 15 is 0 Å². The van der Waals surface area contributed by atoms with E-state index in [4.69, 9.17) is 5.73 Å². The maximum absolute atomic E-state index is 12.4. The number of nitrogens with one attached hydrogen (secondary N) is 2. The highest BCUT2D eigenvalue weighted by Crippen LogP contribution is 2.40. The molecule has 0 aromatic heterocycles. The van der Waals surface area contributed by atoms with Gasteiger partial charge in [-0.25, -0.2) is 4.79 Å². The Morgan fingerprint density at radius 2 is 1.95 bits per heavy atom. The Balaban J connectivity index is 2.11. The van der Waals surface area contributed by atoms with Gasteiger partial charge in [-0.05, 0) is 12.0 Å². The Labute approximate surface area is 123 Å². The third kappa shape index (κ3) is 3.16. The molecule has 0 bridgehead atoms. The van der Waals surface area contributed by atoms with Crippen LogP contribution in [-0.2, 0) is 4.79 Å². The fraction of sp³-hybridized carbons (Fsp3) is 0.467. The van der Waals surface area contributed by atoms with Crippen molar-refractivity contribution >= 4 is 11.9 Å². The third-order valence-electron chi connectivity index (χ3n) is 4.21. The summed E-state index contributed by atoms with van der Waals surface area (Å²) >= 11 is 0. The first-order valence-electron chi connectivity index (χ1n) is 6.91. The zero-order valence-electron chi connectivity index (χ0n) is 12.2. The van der Waals surface area contributed by atoms with Gasteiger partial charge in [0.25, 0.3) is 0 Å². The van der Waals surface area contributed by atoms with Gasteiger partial charge in [0, 0.05) is 11.5 Å². The number of aliphatic hydroxyl groups excluding tert-OH is 1. The standard InChI is InChI=1S/C15H21N3O3/c1-15(2)10(8-11(15)19)17-13(20)12(18-14(16)21)9-6-4-3-5-7-9/h3-7,10-12,19H,8H2,1-2H3,(H,17,20)(H3,16,18,21). The van der Waals surface area contributed by atoms with E-state index in [1.54, 1.807) is 24.3 Å². The Hall–Kier alpha value is -2.08. The Morgan fingerprint density at radius 3 is 2.43 bits per heavy atom. The minimum absolute atomic E-state index is 0.124. The molecule has 1 aromatic rings. The topological polar surface area (TPSA) is 104 Å². The van der Waals surface area contributed by atoms with Crippen LogP contribution in [0.15, 0.2) is 30.3 Å². The quantitative estimate of drug-likeness (QED) is 0.655. The maximum atomic E-state index is 12.4. The van der Waals surface area contributed by atoms with Crippen molar-refractivity contribution in [3.63, 3.8) is 0 Å². The van der Waals surface area contributed by atoms with E-state index in [-0.39, 0.29) is 17.4 Å². The zero-order chi connectivity index (χ0) is 15.6. The van der Waals surface area contributed by atoms with Crippen LogP contribution in [0.1, 0.15) is 31.9 Å². The average molecular weight is 291 g/mol. The van der Waals surface area contributed by atoms with Gasteiger partial charge < -0.3 is 21.5 Å². The summed E-state index contributed by atoms with van der Waals surface area (Å²) in [5.41, 5.74) is 5.44. The van der Waals surface area contributed by atoms with Crippen molar-refractivity contribution in [2.45, 2.75) is 38.5 Å². The molecule has 1 aliphatic rings. The molecule has 0 aliphatic heterocycles. The molecule has 114 valence electrons. The van der Waals surface area contributed by atoms with Crippen LogP contribution < -0.4 is 16.4 Å². The predicted molar refractivity (Wildman–Crippen MR) is 78.2 cm³/mol. The van der Waals surface area contributed by atoms with Gasteiger partial charge in [0.1, 0.15) is 6.04 Å². The van der Waals surface area contributed by atoms with Crippen LogP contribution in [0, 0.1) is 5.41 Å². The van der Waals surface area contributed by atoms with Gasteiger partial charge in [-0.1, -0.05) is 44.2 Å². The second-order valence-corrected chi connectivity index (χ2v) is 5.99. The molecule has 0 heterocycles. The van der Waals surface area contributed by atoms with Crippen LogP contribution in [0.4, 0.5) is 4.79 Å². The lowest BCUT2D eigenvalue weighted by molar-refractivity contribution is -0.131. The number of carbonyl (C=O) groups excluding carboxylic acids is 2. The molecule has 3 unspecified atom stereocenters. The first kappa shape index (κ1) is 15.3. The normalized spacial score (nSPS) is 24.5. The summed E-state index contributed by atoms with van der Waals surface area (Å²) in [5.74, 6) is -0.329. The highest BCUT2D eigenvalue weighted by atomic mass is 16.3. The van der Waals surface area contributed by atoms with E-state index in [0.29, 0.717) is 12.0 Å². The van der Waals surface area contributed by atoms with E-state index < -0.39 is 18.2 Å². The molecule has 2 rings (SSSR count). The summed E-state index contributed by atoms with van der Waals surface area (Å²) < 4.78 is 0. The first-order valence-corrected chi connectivity index (χ1v) is 6.91. The molecule has 3 amide bonds. The monoisotopic (exact) mass is 291 g/mol. The highest BCUT2D eigenvalue weighted by Gasteiger charge is 2.48. The van der Waals surface area contributed by atoms with E-state index in [1.807, 2.05) is 19.9 Å². The number of hydrogen-bond acceptors (Lipinski definition) is 3. The molecule has 6 nitrogen and oxygen atoms in total. The second-order valence-electron chi connectivity index (χ2n) is 5.99. The molecule has 1 aromatic carbocycles. The number of benzene rings is 1. The van der Waals surface area contributed by atoms with Crippen molar-refractivity contribution in [1.29, 1.82) is 0 Å². The minimum Gasteiger partial charge on any atom is -0.392 e. The molecule has 1 fully saturated rings. The predicted octanol–water partition coefficient (Wildman–Crippen LogP) is 0.672. The SMILES string of the molecule is CC1(C)C(O)CC1NC(=O)C(NC(N)=O)c1ccccc1. The van der Waals surface area contributed by atoms with Crippen LogP contribution in [0.2, 0.25) is 0 Å². The van der Waals surface area contributed by atoms with Crippen molar-refractivity contribution in [2.75, 3.05) is 0 Å². The molecule has 1 aliphatic carbocycles. The highest BCUT2D eigenvalue weighted by molar-refractivity contribution is 5.88. The molecule has 0 spiro atoms. The number of urea groups is 1. The van der Waals surface area contributed by atoms with Crippen molar-refractivity contribution in [3.05, 3.63) is 35.9 Å². The Kier molecular flexibility index (Phi) is 4.18. The third-order valence-corrected chi connectivity index (χ3v) is 4.21. The molecular weight excluding hydrogens is 270 g/mol. The number of hydrogen-bond donors (Lipinski definition) is 4. The molecule has 3 atom stereocenters. The van der Waals surface area contributed by atoms with Crippen LogP contribution in [0.25, 0.3) is 0 Å². The number of carbonyl (C=O) groups is 2. The summed E-state index contributed by atoms with van der Waals surface area (Å²) in [6.45, 7) is 3.79. The molecular formula is C15H21N3O3. The van der Waals surface area contributed by atoms with Crippen molar-refractivity contribution < 1.29 is 14.7 Å². The lowest BCUT2D eigenvalue weighted by atomic mass is 9.64. The first-order chi connectivity index (χ1) is 9.82. The molecule has 5 N–H and O–H groups in total. The van der Waals surface area contributed by atoms with Crippen LogP contribution >= 0.6 is 0 Å². The van der Waals surface area contributed by atoms with Gasteiger partial charge in [0.2, 0.25) is 5.91 Å². The van der Waals surface area contributed by atoms with Crippen molar-refractivity contribution in [2.24, 2.45) is 11.1 Å². The molecule has 21 heavy (non-hydrogen) atoms. The van der Waals surface area contributed by atoms with E-state index in [1.165, 1.54) is 0 Å². The summed E-state index contributed by atoms with van der Waals surface area (Å²) in [6.07, 6.45) is 0.0821. The van der Waals surface area contributed by atoms with Gasteiger partial charge in [-0.3, -0.25) is 4.79 Å². The average Bonchev–Trinajstić information content (AvgIpc) is 2.45. The Morgan fingerprint density at radius 1 is 1.33 bits per heavy atom. The van der Waals surface area contributed by atoms with Gasteiger partial charge in [-0.15, -0.1) is 0 Å². The summed E-state index contributed by atoms with van der Waals surface area (Å²) in [7, 11) is 0. The van der Waals surface area contributed by atoms with Gasteiger partial charge in [0.15, 0.2) is 0 Å². The lowest BCUT2D eigenvalue weighted by Crippen LogP contribution is -2.62. The number of amides is 3. The smallest absolute Gasteiger partial charge is 0.313 e. The summed E-state index contributed by atoms with van der Waals surface area (Å²) in [5, 5.41) is 15.0. The van der Waals surface area contributed by atoms with Crippen molar-refractivity contribution in [3.8, 4) is 0 Å². The lowest BCUT2D eigenvalue weighted by Gasteiger charge is -2.49. The zero-order valence-corrected chi connectivity index (χ0v) is 12.2. The van der Waals surface area contributed by atoms with Gasteiger partial charge >= 0.3 is 6.03 Å². The van der Waals surface area contributed by atoms with E-state index in [2.05, 4.69) is 10.6 Å². The Bertz CT molecular complexity index is 530. The molecule has 6 heteroatoms. The van der Waals surface area contributed by atoms with Crippen LogP contribution in [0.3, 0.4) is 0 Å². The van der Waals surface area contributed by atoms with Crippen LogP contribution in [0.5, 0.6) is 0 Å². The molecule has 0 saturated heterocycles. The van der Waals surface area contributed by atoms with Gasteiger partial charge in [0.05, 0.1) is 6.10 Å². The van der Waals surface area contributed by atoms with Gasteiger partial charge in [-0.2, -0.15) is 0 Å².